The highest BCUT2D eigenvalue weighted by Gasteiger charge is 2.14. The van der Waals surface area contributed by atoms with E-state index in [4.69, 9.17) is 9.84 Å². The maximum atomic E-state index is 11.6. The molecule has 1 aromatic rings. The zero-order valence-electron chi connectivity index (χ0n) is 11.4. The highest BCUT2D eigenvalue weighted by atomic mass is 16.6. The van der Waals surface area contributed by atoms with E-state index < -0.39 is 23.8 Å². The summed E-state index contributed by atoms with van der Waals surface area (Å²) in [5.41, 5.74) is 0.204. The van der Waals surface area contributed by atoms with Crippen LogP contribution in [0.1, 0.15) is 17.3 Å². The van der Waals surface area contributed by atoms with Gasteiger partial charge in [0.15, 0.2) is 11.5 Å². The standard InChI is InChI=1S/C14H16O7/c1-8(2)13(18)20-6-10(15)7-21-14(19)9-3-4-11(16)12(17)5-9/h3-5,10,15-17H,1,6-7H2,2H3. The van der Waals surface area contributed by atoms with Gasteiger partial charge in [0.1, 0.15) is 19.3 Å². The van der Waals surface area contributed by atoms with E-state index >= 15 is 0 Å². The number of benzene rings is 1. The quantitative estimate of drug-likeness (QED) is 0.403. The lowest BCUT2D eigenvalue weighted by Crippen LogP contribution is -2.25. The van der Waals surface area contributed by atoms with Gasteiger partial charge >= 0.3 is 11.9 Å². The molecule has 1 aromatic carbocycles. The van der Waals surface area contributed by atoms with Gasteiger partial charge in [-0.15, -0.1) is 0 Å². The second-order valence-electron chi connectivity index (χ2n) is 4.33. The van der Waals surface area contributed by atoms with E-state index in [0.717, 1.165) is 12.1 Å². The highest BCUT2D eigenvalue weighted by molar-refractivity contribution is 5.90. The number of esters is 2. The predicted octanol–water partition coefficient (Wildman–Crippen LogP) is 0.735. The van der Waals surface area contributed by atoms with Gasteiger partial charge in [0.2, 0.25) is 0 Å². The summed E-state index contributed by atoms with van der Waals surface area (Å²) >= 11 is 0. The summed E-state index contributed by atoms with van der Waals surface area (Å²) in [4.78, 5) is 22.7. The number of ether oxygens (including phenoxy) is 2. The number of carbonyl (C=O) groups excluding carboxylic acids is 2. The third-order valence-corrected chi connectivity index (χ3v) is 2.37. The van der Waals surface area contributed by atoms with Crippen LogP contribution in [0.3, 0.4) is 0 Å². The van der Waals surface area contributed by atoms with Crippen LogP contribution in [-0.2, 0) is 14.3 Å². The Bertz CT molecular complexity index is 550. The van der Waals surface area contributed by atoms with Crippen LogP contribution < -0.4 is 0 Å². The summed E-state index contributed by atoms with van der Waals surface area (Å²) in [7, 11) is 0. The summed E-state index contributed by atoms with van der Waals surface area (Å²) in [5.74, 6) is -2.27. The van der Waals surface area contributed by atoms with Gasteiger partial charge in [-0.05, 0) is 25.1 Å². The van der Waals surface area contributed by atoms with Crippen LogP contribution in [0.4, 0.5) is 0 Å². The Hall–Kier alpha value is -2.54. The molecule has 0 amide bonds. The third-order valence-electron chi connectivity index (χ3n) is 2.37. The molecule has 0 fully saturated rings. The Morgan fingerprint density at radius 3 is 2.38 bits per heavy atom. The van der Waals surface area contributed by atoms with Crippen molar-refractivity contribution in [2.24, 2.45) is 0 Å². The molecule has 3 N–H and O–H groups in total. The first-order valence-corrected chi connectivity index (χ1v) is 6.01. The monoisotopic (exact) mass is 296 g/mol. The second kappa shape index (κ2) is 7.30. The normalized spacial score (nSPS) is 11.5. The molecule has 7 heteroatoms. The molecule has 0 saturated carbocycles. The third kappa shape index (κ3) is 5.15. The van der Waals surface area contributed by atoms with Crippen molar-refractivity contribution >= 4 is 11.9 Å². The summed E-state index contributed by atoms with van der Waals surface area (Å²) < 4.78 is 9.47. The van der Waals surface area contributed by atoms with E-state index in [1.807, 2.05) is 0 Å². The molecule has 0 aliphatic carbocycles. The lowest BCUT2D eigenvalue weighted by molar-refractivity contribution is -0.142. The van der Waals surface area contributed by atoms with Crippen molar-refractivity contribution in [1.82, 2.24) is 0 Å². The van der Waals surface area contributed by atoms with Gasteiger partial charge in [0, 0.05) is 5.57 Å². The first-order chi connectivity index (χ1) is 9.81. The number of hydrogen-bond acceptors (Lipinski definition) is 7. The van der Waals surface area contributed by atoms with Crippen molar-refractivity contribution in [3.8, 4) is 11.5 Å². The van der Waals surface area contributed by atoms with Crippen molar-refractivity contribution < 1.29 is 34.4 Å². The molecule has 7 nitrogen and oxygen atoms in total. The Morgan fingerprint density at radius 1 is 1.19 bits per heavy atom. The van der Waals surface area contributed by atoms with Gasteiger partial charge in [0.25, 0.3) is 0 Å². The number of aliphatic hydroxyl groups excluding tert-OH is 1. The molecule has 0 aliphatic heterocycles. The largest absolute Gasteiger partial charge is 0.504 e. The molecule has 114 valence electrons. The molecular formula is C14H16O7. The molecule has 1 unspecified atom stereocenters. The molecule has 0 spiro atoms. The molecule has 1 atom stereocenters. The summed E-state index contributed by atoms with van der Waals surface area (Å²) in [5, 5.41) is 27.9. The van der Waals surface area contributed by atoms with Crippen LogP contribution in [0.5, 0.6) is 11.5 Å². The number of rotatable bonds is 6. The van der Waals surface area contributed by atoms with Crippen molar-refractivity contribution in [3.05, 3.63) is 35.9 Å². The number of aliphatic hydroxyl groups is 1. The molecular weight excluding hydrogens is 280 g/mol. The van der Waals surface area contributed by atoms with Crippen LogP contribution in [-0.4, -0.2) is 46.6 Å². The molecule has 0 heterocycles. The fourth-order valence-corrected chi connectivity index (χ4v) is 1.25. The number of carbonyl (C=O) groups is 2. The zero-order valence-corrected chi connectivity index (χ0v) is 11.4. The van der Waals surface area contributed by atoms with E-state index in [1.54, 1.807) is 0 Å². The van der Waals surface area contributed by atoms with Gasteiger partial charge < -0.3 is 24.8 Å². The summed E-state index contributed by atoms with van der Waals surface area (Å²) in [6.45, 7) is 4.12. The predicted molar refractivity (Wildman–Crippen MR) is 71.8 cm³/mol. The first-order valence-electron chi connectivity index (χ1n) is 6.01. The summed E-state index contributed by atoms with van der Waals surface area (Å²) in [6.07, 6.45) is -1.18. The lowest BCUT2D eigenvalue weighted by atomic mass is 10.2. The highest BCUT2D eigenvalue weighted by Crippen LogP contribution is 2.25. The van der Waals surface area contributed by atoms with Gasteiger partial charge in [-0.3, -0.25) is 0 Å². The van der Waals surface area contributed by atoms with Gasteiger partial charge in [0.05, 0.1) is 5.56 Å². The molecule has 0 aromatic heterocycles. The number of phenols is 2. The fourth-order valence-electron chi connectivity index (χ4n) is 1.25. The van der Waals surface area contributed by atoms with E-state index in [1.165, 1.54) is 13.0 Å². The van der Waals surface area contributed by atoms with Crippen LogP contribution in [0.25, 0.3) is 0 Å². The fraction of sp³-hybridized carbons (Fsp3) is 0.286. The van der Waals surface area contributed by atoms with Gasteiger partial charge in [-0.2, -0.15) is 0 Å². The van der Waals surface area contributed by atoms with E-state index in [9.17, 15) is 19.8 Å². The van der Waals surface area contributed by atoms with Crippen molar-refractivity contribution in [2.75, 3.05) is 13.2 Å². The summed E-state index contributed by atoms with van der Waals surface area (Å²) in [6, 6.07) is 3.42. The Morgan fingerprint density at radius 2 is 1.81 bits per heavy atom. The van der Waals surface area contributed by atoms with Crippen molar-refractivity contribution in [3.63, 3.8) is 0 Å². The maximum absolute atomic E-state index is 11.6. The Balaban J connectivity index is 2.43. The molecule has 0 radical (unpaired) electrons. The van der Waals surface area contributed by atoms with Crippen molar-refractivity contribution in [1.29, 1.82) is 0 Å². The zero-order chi connectivity index (χ0) is 16.0. The smallest absolute Gasteiger partial charge is 0.338 e. The second-order valence-corrected chi connectivity index (χ2v) is 4.33. The molecule has 0 bridgehead atoms. The topological polar surface area (TPSA) is 113 Å². The molecule has 21 heavy (non-hydrogen) atoms. The van der Waals surface area contributed by atoms with Crippen molar-refractivity contribution in [2.45, 2.75) is 13.0 Å². The molecule has 0 saturated heterocycles. The minimum Gasteiger partial charge on any atom is -0.504 e. The van der Waals surface area contributed by atoms with Crippen LogP contribution >= 0.6 is 0 Å². The Labute approximate surface area is 121 Å². The lowest BCUT2D eigenvalue weighted by Gasteiger charge is -2.12. The minimum absolute atomic E-state index is 0.0106. The average molecular weight is 296 g/mol. The number of aromatic hydroxyl groups is 2. The van der Waals surface area contributed by atoms with Crippen LogP contribution in [0.15, 0.2) is 30.4 Å². The molecule has 1 rings (SSSR count). The maximum Gasteiger partial charge on any atom is 0.338 e. The van der Waals surface area contributed by atoms with Crippen LogP contribution in [0.2, 0.25) is 0 Å². The van der Waals surface area contributed by atoms with Gasteiger partial charge in [-0.25, -0.2) is 9.59 Å². The van der Waals surface area contributed by atoms with Gasteiger partial charge in [-0.1, -0.05) is 6.58 Å². The van der Waals surface area contributed by atoms with Crippen LogP contribution in [0, 0.1) is 0 Å². The van der Waals surface area contributed by atoms with E-state index in [2.05, 4.69) is 11.3 Å². The van der Waals surface area contributed by atoms with E-state index in [-0.39, 0.29) is 30.1 Å². The number of phenolic OH excluding ortho intramolecular Hbond substituents is 2. The molecule has 0 aliphatic rings. The number of hydrogen-bond donors (Lipinski definition) is 3. The first kappa shape index (κ1) is 16.5. The Kier molecular flexibility index (Phi) is 5.74. The SMILES string of the molecule is C=C(C)C(=O)OCC(O)COC(=O)c1ccc(O)c(O)c1. The average Bonchev–Trinajstić information content (AvgIpc) is 2.44. The van der Waals surface area contributed by atoms with E-state index in [0.29, 0.717) is 0 Å². The minimum atomic E-state index is -1.18.